The van der Waals surface area contributed by atoms with Gasteiger partial charge in [0.05, 0.1) is 18.1 Å². The predicted molar refractivity (Wildman–Crippen MR) is 120 cm³/mol. The second kappa shape index (κ2) is 9.38. The van der Waals surface area contributed by atoms with E-state index in [0.29, 0.717) is 44.5 Å². The highest BCUT2D eigenvalue weighted by Crippen LogP contribution is 2.31. The lowest BCUT2D eigenvalue weighted by Gasteiger charge is -2.26. The molecule has 0 bridgehead atoms. The van der Waals surface area contributed by atoms with Crippen molar-refractivity contribution >= 4 is 21.6 Å². The zero-order valence-corrected chi connectivity index (χ0v) is 18.6. The molecule has 1 atom stereocenters. The number of hydrogen-bond acceptors (Lipinski definition) is 5. The SMILES string of the molecule is CC1Cc2ccccc2N1CCCNC(=O)c1ccc(S(=O)(=O)N2CCOCC2)cc1. The fraction of sp³-hybridized carbons (Fsp3) is 0.435. The molecule has 1 fully saturated rings. The molecular weight excluding hydrogens is 414 g/mol. The van der Waals surface area contributed by atoms with Crippen LogP contribution in [0.3, 0.4) is 0 Å². The van der Waals surface area contributed by atoms with Crippen molar-refractivity contribution in [2.75, 3.05) is 44.3 Å². The third-order valence-electron chi connectivity index (χ3n) is 5.93. The summed E-state index contributed by atoms with van der Waals surface area (Å²) in [6, 6.07) is 15.1. The Morgan fingerprint density at radius 1 is 1.10 bits per heavy atom. The van der Waals surface area contributed by atoms with Gasteiger partial charge < -0.3 is 15.0 Å². The number of fused-ring (bicyclic) bond motifs is 1. The molecule has 2 aliphatic heterocycles. The Morgan fingerprint density at radius 2 is 1.81 bits per heavy atom. The van der Waals surface area contributed by atoms with Crippen molar-refractivity contribution in [1.82, 2.24) is 9.62 Å². The standard InChI is InChI=1S/C23H29N3O4S/c1-18-17-20-5-2-3-6-22(20)26(18)12-4-11-24-23(27)19-7-9-21(10-8-19)31(28,29)25-13-15-30-16-14-25/h2-3,5-10,18H,4,11-17H2,1H3,(H,24,27). The van der Waals surface area contributed by atoms with E-state index in [2.05, 4.69) is 41.4 Å². The average Bonchev–Trinajstić information content (AvgIpc) is 3.12. The molecule has 0 aromatic heterocycles. The van der Waals surface area contributed by atoms with Crippen molar-refractivity contribution in [3.8, 4) is 0 Å². The Bertz CT molecular complexity index is 1020. The minimum absolute atomic E-state index is 0.190. The van der Waals surface area contributed by atoms with Gasteiger partial charge in [-0.1, -0.05) is 18.2 Å². The molecule has 0 spiro atoms. The van der Waals surface area contributed by atoms with Gasteiger partial charge in [-0.05, 0) is 55.7 Å². The second-order valence-electron chi connectivity index (χ2n) is 8.03. The van der Waals surface area contributed by atoms with Gasteiger partial charge in [-0.2, -0.15) is 4.31 Å². The Balaban J connectivity index is 1.28. The molecule has 0 radical (unpaired) electrons. The molecule has 4 rings (SSSR count). The molecule has 31 heavy (non-hydrogen) atoms. The highest BCUT2D eigenvalue weighted by molar-refractivity contribution is 7.89. The molecule has 0 saturated carbocycles. The van der Waals surface area contributed by atoms with Gasteiger partial charge in [0.15, 0.2) is 0 Å². The summed E-state index contributed by atoms with van der Waals surface area (Å²) in [5, 5.41) is 2.94. The lowest BCUT2D eigenvalue weighted by Crippen LogP contribution is -2.40. The van der Waals surface area contributed by atoms with Crippen LogP contribution in [0.2, 0.25) is 0 Å². The topological polar surface area (TPSA) is 79.0 Å². The third-order valence-corrected chi connectivity index (χ3v) is 7.85. The molecular formula is C23H29N3O4S. The minimum atomic E-state index is -3.55. The van der Waals surface area contributed by atoms with Crippen LogP contribution in [0.15, 0.2) is 53.4 Å². The van der Waals surface area contributed by atoms with Crippen molar-refractivity contribution in [1.29, 1.82) is 0 Å². The van der Waals surface area contributed by atoms with Gasteiger partial charge in [0.2, 0.25) is 10.0 Å². The largest absolute Gasteiger partial charge is 0.379 e. The van der Waals surface area contributed by atoms with Crippen LogP contribution >= 0.6 is 0 Å². The molecule has 2 heterocycles. The molecule has 1 unspecified atom stereocenters. The summed E-state index contributed by atoms with van der Waals surface area (Å²) in [4.78, 5) is 15.1. The highest BCUT2D eigenvalue weighted by atomic mass is 32.2. The quantitative estimate of drug-likeness (QED) is 0.665. The van der Waals surface area contributed by atoms with Crippen molar-refractivity contribution in [3.63, 3.8) is 0 Å². The summed E-state index contributed by atoms with van der Waals surface area (Å²) < 4.78 is 32.0. The van der Waals surface area contributed by atoms with Crippen molar-refractivity contribution in [2.45, 2.75) is 30.7 Å². The summed E-state index contributed by atoms with van der Waals surface area (Å²) in [5.74, 6) is -0.190. The highest BCUT2D eigenvalue weighted by Gasteiger charge is 2.27. The fourth-order valence-corrected chi connectivity index (χ4v) is 5.65. The number of sulfonamides is 1. The van der Waals surface area contributed by atoms with Crippen LogP contribution in [-0.2, 0) is 21.2 Å². The van der Waals surface area contributed by atoms with E-state index in [1.165, 1.54) is 27.7 Å². The van der Waals surface area contributed by atoms with E-state index >= 15 is 0 Å². The number of carbonyl (C=O) groups is 1. The maximum absolute atomic E-state index is 12.7. The van der Waals surface area contributed by atoms with Crippen LogP contribution in [0.25, 0.3) is 0 Å². The Morgan fingerprint density at radius 3 is 2.55 bits per heavy atom. The predicted octanol–water partition coefficient (Wildman–Crippen LogP) is 2.28. The lowest BCUT2D eigenvalue weighted by molar-refractivity contribution is 0.0730. The molecule has 2 aromatic carbocycles. The Hall–Kier alpha value is -2.42. The van der Waals surface area contributed by atoms with Gasteiger partial charge in [-0.15, -0.1) is 0 Å². The molecule has 7 nitrogen and oxygen atoms in total. The number of benzene rings is 2. The fourth-order valence-electron chi connectivity index (χ4n) is 4.24. The number of nitrogens with one attached hydrogen (secondary N) is 1. The number of anilines is 1. The van der Waals surface area contributed by atoms with Crippen LogP contribution in [0, 0.1) is 0 Å². The van der Waals surface area contributed by atoms with Crippen LogP contribution in [0.1, 0.15) is 29.3 Å². The molecule has 0 aliphatic carbocycles. The molecule has 166 valence electrons. The Labute approximate surface area is 184 Å². The van der Waals surface area contributed by atoms with Gasteiger partial charge in [-0.3, -0.25) is 4.79 Å². The average molecular weight is 444 g/mol. The first-order valence-corrected chi connectivity index (χ1v) is 12.2. The first-order chi connectivity index (χ1) is 15.0. The third kappa shape index (κ3) is 4.76. The van der Waals surface area contributed by atoms with Gasteiger partial charge in [-0.25, -0.2) is 8.42 Å². The van der Waals surface area contributed by atoms with Crippen LogP contribution in [0.5, 0.6) is 0 Å². The second-order valence-corrected chi connectivity index (χ2v) is 9.96. The zero-order valence-electron chi connectivity index (χ0n) is 17.8. The number of amides is 1. The Kier molecular flexibility index (Phi) is 6.60. The first-order valence-electron chi connectivity index (χ1n) is 10.8. The normalized spacial score (nSPS) is 19.3. The van der Waals surface area contributed by atoms with Crippen LogP contribution < -0.4 is 10.2 Å². The summed E-state index contributed by atoms with van der Waals surface area (Å²) in [6.07, 6.45) is 1.90. The summed E-state index contributed by atoms with van der Waals surface area (Å²) in [6.45, 7) is 5.19. The summed E-state index contributed by atoms with van der Waals surface area (Å²) in [5.41, 5.74) is 3.13. The van der Waals surface area contributed by atoms with E-state index in [1.54, 1.807) is 12.1 Å². The molecule has 1 saturated heterocycles. The van der Waals surface area contributed by atoms with E-state index in [9.17, 15) is 13.2 Å². The van der Waals surface area contributed by atoms with Crippen molar-refractivity contribution < 1.29 is 17.9 Å². The van der Waals surface area contributed by atoms with Crippen molar-refractivity contribution in [2.24, 2.45) is 0 Å². The maximum Gasteiger partial charge on any atom is 0.251 e. The van der Waals surface area contributed by atoms with Gasteiger partial charge >= 0.3 is 0 Å². The van der Waals surface area contributed by atoms with Crippen molar-refractivity contribution in [3.05, 3.63) is 59.7 Å². The smallest absolute Gasteiger partial charge is 0.251 e. The van der Waals surface area contributed by atoms with Gasteiger partial charge in [0.1, 0.15) is 0 Å². The monoisotopic (exact) mass is 443 g/mol. The van der Waals surface area contributed by atoms with Crippen LogP contribution in [-0.4, -0.2) is 64.1 Å². The maximum atomic E-state index is 12.7. The molecule has 2 aliphatic rings. The molecule has 1 N–H and O–H groups in total. The van der Waals surface area contributed by atoms with E-state index in [-0.39, 0.29) is 10.8 Å². The van der Waals surface area contributed by atoms with E-state index in [0.717, 1.165) is 19.4 Å². The number of hydrogen-bond donors (Lipinski definition) is 1. The molecule has 8 heteroatoms. The summed E-state index contributed by atoms with van der Waals surface area (Å²) in [7, 11) is -3.55. The number of rotatable bonds is 7. The zero-order chi connectivity index (χ0) is 21.8. The van der Waals surface area contributed by atoms with E-state index < -0.39 is 10.0 Å². The van der Waals surface area contributed by atoms with Gasteiger partial charge in [0, 0.05) is 43.5 Å². The number of carbonyl (C=O) groups excluding carboxylic acids is 1. The molecule has 2 aromatic rings. The number of para-hydroxylation sites is 1. The molecule has 1 amide bonds. The van der Waals surface area contributed by atoms with Crippen LogP contribution in [0.4, 0.5) is 5.69 Å². The summed E-state index contributed by atoms with van der Waals surface area (Å²) >= 11 is 0. The first kappa shape index (κ1) is 21.8. The van der Waals surface area contributed by atoms with Gasteiger partial charge in [0.25, 0.3) is 5.91 Å². The van der Waals surface area contributed by atoms with E-state index in [4.69, 9.17) is 4.74 Å². The minimum Gasteiger partial charge on any atom is -0.379 e. The lowest BCUT2D eigenvalue weighted by atomic mass is 10.1. The van der Waals surface area contributed by atoms with E-state index in [1.807, 2.05) is 0 Å². The number of morpholine rings is 1. The number of ether oxygens (including phenoxy) is 1. The number of nitrogens with zero attached hydrogens (tertiary/aromatic N) is 2.